The molecule has 2 aromatic rings. The fourth-order valence-corrected chi connectivity index (χ4v) is 3.95. The summed E-state index contributed by atoms with van der Waals surface area (Å²) in [5.41, 5.74) is 0.918. The summed E-state index contributed by atoms with van der Waals surface area (Å²) < 4.78 is 1.12. The molecule has 1 fully saturated rings. The Morgan fingerprint density at radius 2 is 2.31 bits per heavy atom. The number of fused-ring (bicyclic) bond motifs is 1. The van der Waals surface area contributed by atoms with E-state index in [-0.39, 0.29) is 35.9 Å². The largest absolute Gasteiger partial charge is 0.352 e. The highest BCUT2D eigenvalue weighted by molar-refractivity contribution is 14.0. The van der Waals surface area contributed by atoms with Crippen molar-refractivity contribution in [3.8, 4) is 0 Å². The first-order valence-electron chi connectivity index (χ1n) is 8.39. The lowest BCUT2D eigenvalue weighted by Crippen LogP contribution is -2.44. The van der Waals surface area contributed by atoms with E-state index in [2.05, 4.69) is 20.6 Å². The number of rotatable bonds is 4. The molecule has 26 heavy (non-hydrogen) atoms. The number of thiazole rings is 1. The van der Waals surface area contributed by atoms with Crippen LogP contribution in [0.4, 0.5) is 0 Å². The Morgan fingerprint density at radius 1 is 1.50 bits per heavy atom. The smallest absolute Gasteiger partial charge is 0.222 e. The van der Waals surface area contributed by atoms with Crippen molar-refractivity contribution in [3.63, 3.8) is 0 Å². The van der Waals surface area contributed by atoms with Crippen LogP contribution in [-0.2, 0) is 11.3 Å². The number of carbonyl (C=O) groups is 1. The van der Waals surface area contributed by atoms with Gasteiger partial charge in [0.05, 0.1) is 16.8 Å². The zero-order chi connectivity index (χ0) is 17.8. The second kappa shape index (κ2) is 9.70. The molecule has 0 spiro atoms. The zero-order valence-corrected chi connectivity index (χ0v) is 18.7. The van der Waals surface area contributed by atoms with Crippen LogP contribution in [0.15, 0.2) is 23.2 Å². The van der Waals surface area contributed by atoms with Gasteiger partial charge in [-0.2, -0.15) is 0 Å². The fraction of sp³-hybridized carbons (Fsp3) is 0.471. The molecular formula is C17H23ClIN5OS. The molecule has 1 unspecified atom stereocenters. The number of halogens is 2. The second-order valence-corrected chi connectivity index (χ2v) is 7.52. The highest BCUT2D eigenvalue weighted by Crippen LogP contribution is 2.24. The number of aromatic nitrogens is 1. The number of hydrogen-bond acceptors (Lipinski definition) is 4. The summed E-state index contributed by atoms with van der Waals surface area (Å²) in [6.07, 6.45) is 1.49. The molecule has 1 aromatic heterocycles. The number of nitrogens with one attached hydrogen (secondary N) is 2. The van der Waals surface area contributed by atoms with Crippen LogP contribution in [0.3, 0.4) is 0 Å². The van der Waals surface area contributed by atoms with E-state index in [9.17, 15) is 4.79 Å². The van der Waals surface area contributed by atoms with E-state index in [4.69, 9.17) is 11.6 Å². The fourth-order valence-electron chi connectivity index (χ4n) is 2.90. The van der Waals surface area contributed by atoms with Crippen molar-refractivity contribution in [1.82, 2.24) is 20.5 Å². The minimum Gasteiger partial charge on any atom is -0.352 e. The molecule has 1 aliphatic heterocycles. The van der Waals surface area contributed by atoms with Gasteiger partial charge in [0.2, 0.25) is 5.91 Å². The molecule has 1 saturated heterocycles. The summed E-state index contributed by atoms with van der Waals surface area (Å²) in [4.78, 5) is 22.5. The molecule has 0 bridgehead atoms. The second-order valence-electron chi connectivity index (χ2n) is 5.97. The molecule has 142 valence electrons. The first-order chi connectivity index (χ1) is 12.1. The monoisotopic (exact) mass is 507 g/mol. The van der Waals surface area contributed by atoms with Crippen molar-refractivity contribution in [3.05, 3.63) is 28.2 Å². The number of benzene rings is 1. The number of amides is 1. The van der Waals surface area contributed by atoms with Crippen molar-refractivity contribution in [1.29, 1.82) is 0 Å². The van der Waals surface area contributed by atoms with Gasteiger partial charge in [-0.15, -0.1) is 35.3 Å². The Hall–Kier alpha value is -1.13. The highest BCUT2D eigenvalue weighted by atomic mass is 127. The van der Waals surface area contributed by atoms with E-state index >= 15 is 0 Å². The van der Waals surface area contributed by atoms with Crippen LogP contribution in [-0.4, -0.2) is 47.9 Å². The number of guanidine groups is 1. The standard InChI is InChI=1S/C17H22ClN5OS.HI/c1-3-16(24)23-7-6-12(10-23)21-17(19-2)20-9-15-22-13-8-11(18)4-5-14(13)25-15;/h4-5,8,12H,3,6-7,9-10H2,1-2H3,(H2,19,20,21);1H. The summed E-state index contributed by atoms with van der Waals surface area (Å²) in [7, 11) is 1.75. The molecule has 1 atom stereocenters. The number of hydrogen-bond donors (Lipinski definition) is 2. The van der Waals surface area contributed by atoms with E-state index in [0.717, 1.165) is 40.7 Å². The Bertz CT molecular complexity index is 797. The molecule has 0 radical (unpaired) electrons. The maximum Gasteiger partial charge on any atom is 0.222 e. The van der Waals surface area contributed by atoms with Crippen LogP contribution in [0.1, 0.15) is 24.8 Å². The Balaban J connectivity index is 0.00000243. The third-order valence-corrected chi connectivity index (χ3v) is 5.48. The summed E-state index contributed by atoms with van der Waals surface area (Å²) >= 11 is 7.65. The van der Waals surface area contributed by atoms with Crippen LogP contribution in [0, 0.1) is 0 Å². The van der Waals surface area contributed by atoms with Crippen LogP contribution in [0.2, 0.25) is 5.02 Å². The van der Waals surface area contributed by atoms with Gasteiger partial charge >= 0.3 is 0 Å². The number of likely N-dealkylation sites (tertiary alicyclic amines) is 1. The maximum absolute atomic E-state index is 11.8. The molecule has 0 aliphatic carbocycles. The minimum absolute atomic E-state index is 0. The molecule has 1 aromatic carbocycles. The van der Waals surface area contributed by atoms with E-state index < -0.39 is 0 Å². The first-order valence-corrected chi connectivity index (χ1v) is 9.58. The summed E-state index contributed by atoms with van der Waals surface area (Å²) in [5.74, 6) is 0.938. The average molecular weight is 508 g/mol. The number of nitrogens with zero attached hydrogens (tertiary/aromatic N) is 3. The lowest BCUT2D eigenvalue weighted by atomic mass is 10.3. The molecular weight excluding hydrogens is 485 g/mol. The third-order valence-electron chi connectivity index (χ3n) is 4.21. The van der Waals surface area contributed by atoms with Crippen LogP contribution >= 0.6 is 46.9 Å². The van der Waals surface area contributed by atoms with Gasteiger partial charge in [0.15, 0.2) is 5.96 Å². The Labute approximate surface area is 179 Å². The van der Waals surface area contributed by atoms with Gasteiger partial charge in [0.25, 0.3) is 0 Å². The lowest BCUT2D eigenvalue weighted by Gasteiger charge is -2.18. The Kier molecular flexibility index (Phi) is 7.90. The molecule has 2 heterocycles. The van der Waals surface area contributed by atoms with Gasteiger partial charge in [-0.25, -0.2) is 4.98 Å². The van der Waals surface area contributed by atoms with E-state index in [1.807, 2.05) is 30.0 Å². The maximum atomic E-state index is 11.8. The van der Waals surface area contributed by atoms with Gasteiger partial charge in [0, 0.05) is 37.6 Å². The van der Waals surface area contributed by atoms with Crippen molar-refractivity contribution in [2.24, 2.45) is 4.99 Å². The van der Waals surface area contributed by atoms with Crippen molar-refractivity contribution < 1.29 is 4.79 Å². The van der Waals surface area contributed by atoms with Gasteiger partial charge in [-0.05, 0) is 24.6 Å². The Morgan fingerprint density at radius 3 is 3.04 bits per heavy atom. The summed E-state index contributed by atoms with van der Waals surface area (Å²) in [6, 6.07) is 5.98. The molecule has 1 aliphatic rings. The van der Waals surface area contributed by atoms with Crippen LogP contribution < -0.4 is 10.6 Å². The SMILES string of the molecule is CCC(=O)N1CCC(NC(=NC)NCc2nc3cc(Cl)ccc3s2)C1.I. The topological polar surface area (TPSA) is 69.6 Å². The van der Waals surface area contributed by atoms with Crippen LogP contribution in [0.25, 0.3) is 10.2 Å². The molecule has 2 N–H and O–H groups in total. The molecule has 6 nitrogen and oxygen atoms in total. The number of aliphatic imine (C=N–C) groups is 1. The summed E-state index contributed by atoms with van der Waals surface area (Å²) in [5, 5.41) is 8.36. The van der Waals surface area contributed by atoms with Crippen molar-refractivity contribution >= 4 is 69.0 Å². The van der Waals surface area contributed by atoms with Gasteiger partial charge in [-0.3, -0.25) is 9.79 Å². The van der Waals surface area contributed by atoms with Gasteiger partial charge in [-0.1, -0.05) is 18.5 Å². The van der Waals surface area contributed by atoms with Crippen molar-refractivity contribution in [2.75, 3.05) is 20.1 Å². The minimum atomic E-state index is 0. The van der Waals surface area contributed by atoms with E-state index in [1.165, 1.54) is 0 Å². The predicted molar refractivity (Wildman–Crippen MR) is 119 cm³/mol. The zero-order valence-electron chi connectivity index (χ0n) is 14.8. The average Bonchev–Trinajstić information content (AvgIpc) is 3.23. The first kappa shape index (κ1) is 21.2. The van der Waals surface area contributed by atoms with Crippen LogP contribution in [0.5, 0.6) is 0 Å². The number of carbonyl (C=O) groups excluding carboxylic acids is 1. The van der Waals surface area contributed by atoms with Gasteiger partial charge in [0.1, 0.15) is 5.01 Å². The predicted octanol–water partition coefficient (Wildman–Crippen LogP) is 3.24. The normalized spacial score (nSPS) is 17.3. The molecule has 1 amide bonds. The van der Waals surface area contributed by atoms with Gasteiger partial charge < -0.3 is 15.5 Å². The van der Waals surface area contributed by atoms with Crippen molar-refractivity contribution in [2.45, 2.75) is 32.4 Å². The third kappa shape index (κ3) is 5.20. The van der Waals surface area contributed by atoms with E-state index in [0.29, 0.717) is 18.0 Å². The van der Waals surface area contributed by atoms with E-state index in [1.54, 1.807) is 18.4 Å². The quantitative estimate of drug-likeness (QED) is 0.379. The summed E-state index contributed by atoms with van der Waals surface area (Å²) in [6.45, 7) is 4.03. The molecule has 3 rings (SSSR count). The highest BCUT2D eigenvalue weighted by Gasteiger charge is 2.25. The lowest BCUT2D eigenvalue weighted by molar-refractivity contribution is -0.129. The molecule has 9 heteroatoms. The molecule has 0 saturated carbocycles.